The van der Waals surface area contributed by atoms with Crippen LogP contribution in [0.5, 0.6) is 0 Å². The Morgan fingerprint density at radius 2 is 2.27 bits per heavy atom. The van der Waals surface area contributed by atoms with Crippen molar-refractivity contribution in [3.8, 4) is 0 Å². The second-order valence-electron chi connectivity index (χ2n) is 4.62. The zero-order valence-electron chi connectivity index (χ0n) is 10.2. The lowest BCUT2D eigenvalue weighted by Gasteiger charge is -2.29. The van der Waals surface area contributed by atoms with Crippen LogP contribution >= 0.6 is 0 Å². The number of imidazole rings is 1. The van der Waals surface area contributed by atoms with Crippen molar-refractivity contribution in [1.29, 1.82) is 0 Å². The van der Waals surface area contributed by atoms with Crippen molar-refractivity contribution < 1.29 is 5.11 Å². The molecule has 0 bridgehead atoms. The van der Waals surface area contributed by atoms with Gasteiger partial charge in [0.2, 0.25) is 0 Å². The van der Waals surface area contributed by atoms with Crippen molar-refractivity contribution in [3.05, 3.63) is 18.2 Å². The van der Waals surface area contributed by atoms with Crippen molar-refractivity contribution >= 4 is 0 Å². The van der Waals surface area contributed by atoms with Crippen molar-refractivity contribution in [3.63, 3.8) is 0 Å². The first kappa shape index (κ1) is 12.2. The fraction of sp³-hybridized carbons (Fsp3) is 0.750. The van der Waals surface area contributed by atoms with Crippen LogP contribution in [0.25, 0.3) is 0 Å². The van der Waals surface area contributed by atoms with Crippen molar-refractivity contribution in [2.45, 2.75) is 45.6 Å². The monoisotopic (exact) mass is 210 g/mol. The molecule has 0 saturated heterocycles. The first-order valence-corrected chi connectivity index (χ1v) is 5.66. The summed E-state index contributed by atoms with van der Waals surface area (Å²) in [6, 6.07) is 0. The Kier molecular flexibility index (Phi) is 3.91. The number of aliphatic hydroxyl groups is 1. The zero-order valence-corrected chi connectivity index (χ0v) is 10.2. The molecule has 0 spiro atoms. The molecular formula is C12H22N2O. The Labute approximate surface area is 92.1 Å². The van der Waals surface area contributed by atoms with Crippen LogP contribution in [-0.4, -0.2) is 20.3 Å². The summed E-state index contributed by atoms with van der Waals surface area (Å²) in [5.41, 5.74) is -0.583. The Morgan fingerprint density at radius 3 is 2.73 bits per heavy atom. The number of hydrogen-bond donors (Lipinski definition) is 1. The summed E-state index contributed by atoms with van der Waals surface area (Å²) in [6.45, 7) is 6.13. The number of aromatic nitrogens is 2. The minimum absolute atomic E-state index is 0.331. The molecule has 0 fully saturated rings. The van der Waals surface area contributed by atoms with Crippen LogP contribution in [0, 0.1) is 5.92 Å². The van der Waals surface area contributed by atoms with Crippen molar-refractivity contribution in [2.24, 2.45) is 13.0 Å². The molecule has 2 atom stereocenters. The molecule has 0 aromatic carbocycles. The summed E-state index contributed by atoms with van der Waals surface area (Å²) >= 11 is 0. The average molecular weight is 210 g/mol. The molecule has 1 heterocycles. The molecular weight excluding hydrogens is 188 g/mol. The Bertz CT molecular complexity index is 304. The molecule has 1 rings (SSSR count). The van der Waals surface area contributed by atoms with Crippen LogP contribution in [0.4, 0.5) is 0 Å². The highest BCUT2D eigenvalue weighted by molar-refractivity contribution is 4.93. The van der Waals surface area contributed by atoms with Crippen LogP contribution in [0.15, 0.2) is 12.4 Å². The topological polar surface area (TPSA) is 38.1 Å². The second-order valence-corrected chi connectivity index (χ2v) is 4.62. The van der Waals surface area contributed by atoms with Crippen LogP contribution in [0.2, 0.25) is 0 Å². The van der Waals surface area contributed by atoms with E-state index in [1.54, 1.807) is 6.20 Å². The summed E-state index contributed by atoms with van der Waals surface area (Å²) in [6.07, 6.45) is 6.35. The van der Waals surface area contributed by atoms with Gasteiger partial charge in [-0.15, -0.1) is 0 Å². The second kappa shape index (κ2) is 4.79. The highest BCUT2D eigenvalue weighted by Gasteiger charge is 2.26. The van der Waals surface area contributed by atoms with Gasteiger partial charge in [-0.3, -0.25) is 0 Å². The number of aryl methyl sites for hydroxylation is 2. The fourth-order valence-corrected chi connectivity index (χ4v) is 1.69. The smallest absolute Gasteiger partial charge is 0.108 e. The van der Waals surface area contributed by atoms with Crippen molar-refractivity contribution in [2.75, 3.05) is 0 Å². The maximum absolute atomic E-state index is 10.2. The Hall–Kier alpha value is -0.830. The van der Waals surface area contributed by atoms with Gasteiger partial charge in [-0.05, 0) is 19.3 Å². The zero-order chi connectivity index (χ0) is 11.5. The lowest BCUT2D eigenvalue weighted by atomic mass is 9.85. The predicted molar refractivity (Wildman–Crippen MR) is 61.6 cm³/mol. The average Bonchev–Trinajstić information content (AvgIpc) is 2.60. The summed E-state index contributed by atoms with van der Waals surface area (Å²) in [5.74, 6) is 1.37. The maximum atomic E-state index is 10.2. The SMILES string of the molecule is CCC(C)C(C)(O)CCc1nccn1C. The molecule has 2 unspecified atom stereocenters. The van der Waals surface area contributed by atoms with Gasteiger partial charge in [0, 0.05) is 25.9 Å². The van der Waals surface area contributed by atoms with E-state index >= 15 is 0 Å². The lowest BCUT2D eigenvalue weighted by Crippen LogP contribution is -2.33. The highest BCUT2D eigenvalue weighted by atomic mass is 16.3. The quantitative estimate of drug-likeness (QED) is 0.808. The summed E-state index contributed by atoms with van der Waals surface area (Å²) in [5, 5.41) is 10.2. The van der Waals surface area contributed by atoms with E-state index in [9.17, 15) is 5.11 Å². The van der Waals surface area contributed by atoms with Gasteiger partial charge >= 0.3 is 0 Å². The molecule has 0 aliphatic rings. The van der Waals surface area contributed by atoms with Gasteiger partial charge in [0.05, 0.1) is 5.60 Å². The molecule has 0 amide bonds. The third kappa shape index (κ3) is 3.06. The lowest BCUT2D eigenvalue weighted by molar-refractivity contribution is -0.00337. The molecule has 15 heavy (non-hydrogen) atoms. The molecule has 86 valence electrons. The normalized spacial score (nSPS) is 17.4. The third-order valence-corrected chi connectivity index (χ3v) is 3.45. The minimum atomic E-state index is -0.583. The number of hydrogen-bond acceptors (Lipinski definition) is 2. The molecule has 0 aliphatic carbocycles. The Morgan fingerprint density at radius 1 is 1.60 bits per heavy atom. The molecule has 3 heteroatoms. The fourth-order valence-electron chi connectivity index (χ4n) is 1.69. The van der Waals surface area contributed by atoms with E-state index in [1.807, 2.05) is 24.7 Å². The Balaban J connectivity index is 2.53. The first-order chi connectivity index (χ1) is 6.97. The molecule has 0 saturated carbocycles. The molecule has 1 aromatic heterocycles. The van der Waals surface area contributed by atoms with E-state index in [0.29, 0.717) is 5.92 Å². The molecule has 1 aromatic rings. The largest absolute Gasteiger partial charge is 0.390 e. The van der Waals surface area contributed by atoms with Gasteiger partial charge in [0.25, 0.3) is 0 Å². The van der Waals surface area contributed by atoms with E-state index < -0.39 is 5.60 Å². The summed E-state index contributed by atoms with van der Waals surface area (Å²) in [7, 11) is 1.99. The van der Waals surface area contributed by atoms with Gasteiger partial charge in [-0.25, -0.2) is 4.98 Å². The first-order valence-electron chi connectivity index (χ1n) is 5.66. The van der Waals surface area contributed by atoms with Crippen LogP contribution in [-0.2, 0) is 13.5 Å². The molecule has 0 radical (unpaired) electrons. The van der Waals surface area contributed by atoms with Crippen molar-refractivity contribution in [1.82, 2.24) is 9.55 Å². The standard InChI is InChI=1S/C12H22N2O/c1-5-10(2)12(3,15)7-6-11-13-8-9-14(11)4/h8-10,15H,5-7H2,1-4H3. The van der Waals surface area contributed by atoms with E-state index in [0.717, 1.165) is 25.1 Å². The molecule has 3 nitrogen and oxygen atoms in total. The van der Waals surface area contributed by atoms with Gasteiger partial charge < -0.3 is 9.67 Å². The third-order valence-electron chi connectivity index (χ3n) is 3.45. The predicted octanol–water partition coefficient (Wildman–Crippen LogP) is 2.15. The van der Waals surface area contributed by atoms with E-state index in [1.165, 1.54) is 0 Å². The van der Waals surface area contributed by atoms with Crippen LogP contribution in [0.1, 0.15) is 39.4 Å². The van der Waals surface area contributed by atoms with Gasteiger partial charge in [0.1, 0.15) is 5.82 Å². The summed E-state index contributed by atoms with van der Waals surface area (Å²) in [4.78, 5) is 4.26. The number of rotatable bonds is 5. The summed E-state index contributed by atoms with van der Waals surface area (Å²) < 4.78 is 2.01. The van der Waals surface area contributed by atoms with Crippen LogP contribution in [0.3, 0.4) is 0 Å². The van der Waals surface area contributed by atoms with E-state index in [-0.39, 0.29) is 0 Å². The number of nitrogens with zero attached hydrogens (tertiary/aromatic N) is 2. The van der Waals surface area contributed by atoms with Crippen LogP contribution < -0.4 is 0 Å². The molecule has 1 N–H and O–H groups in total. The van der Waals surface area contributed by atoms with E-state index in [2.05, 4.69) is 18.8 Å². The van der Waals surface area contributed by atoms with Gasteiger partial charge in [-0.1, -0.05) is 20.3 Å². The van der Waals surface area contributed by atoms with Gasteiger partial charge in [-0.2, -0.15) is 0 Å². The minimum Gasteiger partial charge on any atom is -0.390 e. The van der Waals surface area contributed by atoms with Gasteiger partial charge in [0.15, 0.2) is 0 Å². The highest BCUT2D eigenvalue weighted by Crippen LogP contribution is 2.24. The maximum Gasteiger partial charge on any atom is 0.108 e. The molecule has 0 aliphatic heterocycles. The van der Waals surface area contributed by atoms with E-state index in [4.69, 9.17) is 0 Å².